The van der Waals surface area contributed by atoms with E-state index < -0.39 is 0 Å². The number of aromatic nitrogens is 2. The van der Waals surface area contributed by atoms with Crippen molar-refractivity contribution in [2.75, 3.05) is 33.8 Å². The van der Waals surface area contributed by atoms with Crippen molar-refractivity contribution < 1.29 is 4.74 Å². The van der Waals surface area contributed by atoms with Crippen LogP contribution in [0.1, 0.15) is 17.7 Å². The number of rotatable bonds is 5. The van der Waals surface area contributed by atoms with Gasteiger partial charge in [-0.15, -0.1) is 0 Å². The average Bonchev–Trinajstić information content (AvgIpc) is 2.84. The molecule has 2 heterocycles. The van der Waals surface area contributed by atoms with Gasteiger partial charge in [0.2, 0.25) is 5.88 Å². The fourth-order valence-corrected chi connectivity index (χ4v) is 2.73. The Hall–Kier alpha value is -1.07. The third kappa shape index (κ3) is 2.84. The largest absolute Gasteiger partial charge is 0.481 e. The molecular formula is C13H24N4O. The molecule has 1 aromatic rings. The second kappa shape index (κ2) is 5.71. The van der Waals surface area contributed by atoms with E-state index in [9.17, 15) is 0 Å². The molecule has 0 amide bonds. The highest BCUT2D eigenvalue weighted by molar-refractivity contribution is 5.30. The maximum absolute atomic E-state index is 5.39. The zero-order valence-electron chi connectivity index (χ0n) is 11.9. The summed E-state index contributed by atoms with van der Waals surface area (Å²) in [4.78, 5) is 2.39. The van der Waals surface area contributed by atoms with E-state index in [-0.39, 0.29) is 0 Å². The molecule has 1 atom stereocenters. The lowest BCUT2D eigenvalue weighted by molar-refractivity contribution is 0.365. The van der Waals surface area contributed by atoms with E-state index in [1.54, 1.807) is 11.8 Å². The number of hydrogen-bond acceptors (Lipinski definition) is 4. The molecule has 102 valence electrons. The Morgan fingerprint density at radius 3 is 2.83 bits per heavy atom. The molecule has 1 aromatic heterocycles. The van der Waals surface area contributed by atoms with Gasteiger partial charge in [0.1, 0.15) is 0 Å². The summed E-state index contributed by atoms with van der Waals surface area (Å²) in [6.45, 7) is 6.37. The molecule has 0 radical (unpaired) electrons. The molecule has 1 aliphatic rings. The number of aryl methyl sites for hydroxylation is 2. The number of likely N-dealkylation sites (tertiary alicyclic amines) is 1. The van der Waals surface area contributed by atoms with Gasteiger partial charge in [0.05, 0.1) is 18.4 Å². The summed E-state index contributed by atoms with van der Waals surface area (Å²) in [5, 5.41) is 7.92. The monoisotopic (exact) mass is 252 g/mol. The molecule has 5 nitrogen and oxygen atoms in total. The Morgan fingerprint density at radius 1 is 1.44 bits per heavy atom. The number of nitrogens with one attached hydrogen (secondary N) is 1. The first kappa shape index (κ1) is 13.4. The van der Waals surface area contributed by atoms with Crippen LogP contribution in [0.25, 0.3) is 0 Å². The normalized spacial score (nSPS) is 20.6. The lowest BCUT2D eigenvalue weighted by atomic mass is 10.1. The Morgan fingerprint density at radius 2 is 2.22 bits per heavy atom. The topological polar surface area (TPSA) is 42.3 Å². The first-order chi connectivity index (χ1) is 8.61. The van der Waals surface area contributed by atoms with Gasteiger partial charge in [-0.05, 0) is 39.4 Å². The predicted octanol–water partition coefficient (Wildman–Crippen LogP) is 0.778. The molecule has 1 unspecified atom stereocenters. The highest BCUT2D eigenvalue weighted by Crippen LogP contribution is 2.21. The summed E-state index contributed by atoms with van der Waals surface area (Å²) >= 11 is 0. The zero-order valence-corrected chi connectivity index (χ0v) is 11.9. The smallest absolute Gasteiger partial charge is 0.216 e. The van der Waals surface area contributed by atoms with E-state index in [0.29, 0.717) is 0 Å². The van der Waals surface area contributed by atoms with Crippen molar-refractivity contribution in [3.8, 4) is 5.88 Å². The number of ether oxygens (including phenoxy) is 1. The molecule has 1 saturated heterocycles. The number of hydrogen-bond donors (Lipinski definition) is 1. The van der Waals surface area contributed by atoms with Crippen LogP contribution in [-0.2, 0) is 13.6 Å². The van der Waals surface area contributed by atoms with Crippen LogP contribution in [0, 0.1) is 12.8 Å². The number of methoxy groups -OCH3 is 1. The van der Waals surface area contributed by atoms with Crippen molar-refractivity contribution in [3.05, 3.63) is 11.3 Å². The Balaban J connectivity index is 1.86. The van der Waals surface area contributed by atoms with Gasteiger partial charge in [-0.2, -0.15) is 5.10 Å². The predicted molar refractivity (Wildman–Crippen MR) is 71.8 cm³/mol. The van der Waals surface area contributed by atoms with Crippen LogP contribution in [0.2, 0.25) is 0 Å². The maximum Gasteiger partial charge on any atom is 0.216 e. The van der Waals surface area contributed by atoms with E-state index >= 15 is 0 Å². The van der Waals surface area contributed by atoms with Gasteiger partial charge in [0.15, 0.2) is 0 Å². The summed E-state index contributed by atoms with van der Waals surface area (Å²) in [6, 6.07) is 0. The van der Waals surface area contributed by atoms with Gasteiger partial charge < -0.3 is 15.0 Å². The minimum absolute atomic E-state index is 0.776. The second-order valence-corrected chi connectivity index (χ2v) is 5.24. The highest BCUT2D eigenvalue weighted by Gasteiger charge is 2.19. The minimum atomic E-state index is 0.776. The Kier molecular flexibility index (Phi) is 4.24. The van der Waals surface area contributed by atoms with Crippen molar-refractivity contribution in [2.24, 2.45) is 13.0 Å². The summed E-state index contributed by atoms with van der Waals surface area (Å²) in [7, 11) is 5.81. The molecule has 0 aliphatic carbocycles. The van der Waals surface area contributed by atoms with Crippen molar-refractivity contribution in [1.29, 1.82) is 0 Å². The van der Waals surface area contributed by atoms with Gasteiger partial charge in [-0.3, -0.25) is 0 Å². The lowest BCUT2D eigenvalue weighted by Gasteiger charge is -2.12. The third-order valence-corrected chi connectivity index (χ3v) is 3.71. The van der Waals surface area contributed by atoms with E-state index in [2.05, 4.69) is 22.4 Å². The van der Waals surface area contributed by atoms with Gasteiger partial charge in [-0.25, -0.2) is 4.68 Å². The summed E-state index contributed by atoms with van der Waals surface area (Å²) < 4.78 is 7.19. The Labute approximate surface area is 109 Å². The van der Waals surface area contributed by atoms with E-state index in [4.69, 9.17) is 4.74 Å². The van der Waals surface area contributed by atoms with Crippen LogP contribution < -0.4 is 10.1 Å². The van der Waals surface area contributed by atoms with Gasteiger partial charge in [0.25, 0.3) is 0 Å². The van der Waals surface area contributed by atoms with Crippen LogP contribution in [0.5, 0.6) is 5.88 Å². The molecule has 1 aliphatic heterocycles. The molecule has 1 N–H and O–H groups in total. The van der Waals surface area contributed by atoms with Gasteiger partial charge >= 0.3 is 0 Å². The first-order valence-corrected chi connectivity index (χ1v) is 6.57. The highest BCUT2D eigenvalue weighted by atomic mass is 16.5. The quantitative estimate of drug-likeness (QED) is 0.841. The summed E-state index contributed by atoms with van der Waals surface area (Å²) in [5.41, 5.74) is 2.22. The maximum atomic E-state index is 5.39. The summed E-state index contributed by atoms with van der Waals surface area (Å²) in [6.07, 6.45) is 1.30. The fourth-order valence-electron chi connectivity index (χ4n) is 2.73. The third-order valence-electron chi connectivity index (χ3n) is 3.71. The van der Waals surface area contributed by atoms with E-state index in [1.165, 1.54) is 25.1 Å². The Bertz CT molecular complexity index is 402. The molecule has 0 aromatic carbocycles. The van der Waals surface area contributed by atoms with E-state index in [1.807, 2.05) is 14.0 Å². The minimum Gasteiger partial charge on any atom is -0.481 e. The van der Waals surface area contributed by atoms with Crippen LogP contribution in [0.15, 0.2) is 0 Å². The van der Waals surface area contributed by atoms with Gasteiger partial charge in [-0.1, -0.05) is 0 Å². The first-order valence-electron chi connectivity index (χ1n) is 6.57. The molecular weight excluding hydrogens is 228 g/mol. The molecule has 0 bridgehead atoms. The number of nitrogens with zero attached hydrogens (tertiary/aromatic N) is 3. The zero-order chi connectivity index (χ0) is 13.1. The molecule has 0 spiro atoms. The van der Waals surface area contributed by atoms with Crippen LogP contribution in [0.4, 0.5) is 0 Å². The van der Waals surface area contributed by atoms with E-state index in [0.717, 1.165) is 30.6 Å². The summed E-state index contributed by atoms with van der Waals surface area (Å²) in [5.74, 6) is 1.64. The SMILES string of the molecule is COc1c(CNCC2CCN(C)C2)c(C)nn1C. The van der Waals surface area contributed by atoms with Crippen LogP contribution in [0.3, 0.4) is 0 Å². The molecule has 5 heteroatoms. The van der Waals surface area contributed by atoms with Crippen molar-refractivity contribution in [3.63, 3.8) is 0 Å². The van der Waals surface area contributed by atoms with Crippen molar-refractivity contribution >= 4 is 0 Å². The average molecular weight is 252 g/mol. The van der Waals surface area contributed by atoms with Crippen molar-refractivity contribution in [1.82, 2.24) is 20.0 Å². The fraction of sp³-hybridized carbons (Fsp3) is 0.769. The molecule has 2 rings (SSSR count). The van der Waals surface area contributed by atoms with Crippen LogP contribution >= 0.6 is 0 Å². The van der Waals surface area contributed by atoms with Crippen LogP contribution in [-0.4, -0.2) is 48.5 Å². The second-order valence-electron chi connectivity index (χ2n) is 5.24. The lowest BCUT2D eigenvalue weighted by Crippen LogP contribution is -2.25. The van der Waals surface area contributed by atoms with Gasteiger partial charge in [0, 0.05) is 20.1 Å². The van der Waals surface area contributed by atoms with Crippen molar-refractivity contribution in [2.45, 2.75) is 19.9 Å². The molecule has 18 heavy (non-hydrogen) atoms. The standard InChI is InChI=1S/C13H24N4O/c1-10-12(13(18-4)17(3)15-10)8-14-7-11-5-6-16(2)9-11/h11,14H,5-9H2,1-4H3. The molecule has 0 saturated carbocycles. The molecule has 1 fully saturated rings.